The molecule has 1 heterocycles. The summed E-state index contributed by atoms with van der Waals surface area (Å²) >= 11 is 0. The maximum Gasteiger partial charge on any atom is 0.119 e. The van der Waals surface area contributed by atoms with Gasteiger partial charge >= 0.3 is 0 Å². The lowest BCUT2D eigenvalue weighted by Gasteiger charge is -2.55. The van der Waals surface area contributed by atoms with E-state index in [9.17, 15) is 0 Å². The van der Waals surface area contributed by atoms with E-state index < -0.39 is 0 Å². The number of benzene rings is 1. The molecule has 22 heavy (non-hydrogen) atoms. The van der Waals surface area contributed by atoms with E-state index in [1.165, 1.54) is 30.5 Å². The predicted molar refractivity (Wildman–Crippen MR) is 88.1 cm³/mol. The first-order valence-electron chi connectivity index (χ1n) is 8.53. The van der Waals surface area contributed by atoms with Crippen LogP contribution >= 0.6 is 0 Å². The Hall–Kier alpha value is -1.10. The molecule has 4 rings (SSSR count). The maximum atomic E-state index is 6.95. The number of nitrogens with one attached hydrogen (secondary N) is 1. The third-order valence-corrected chi connectivity index (χ3v) is 5.97. The van der Waals surface area contributed by atoms with E-state index in [0.717, 1.165) is 31.1 Å². The van der Waals surface area contributed by atoms with E-state index in [1.54, 1.807) is 7.11 Å². The van der Waals surface area contributed by atoms with Gasteiger partial charge in [0.1, 0.15) is 5.75 Å². The van der Waals surface area contributed by atoms with Crippen molar-refractivity contribution in [3.63, 3.8) is 0 Å². The molecular formula is C18H27N3O. The predicted octanol–water partition coefficient (Wildman–Crippen LogP) is 1.48. The van der Waals surface area contributed by atoms with Crippen LogP contribution in [0.3, 0.4) is 0 Å². The minimum absolute atomic E-state index is 0.276. The summed E-state index contributed by atoms with van der Waals surface area (Å²) in [6, 6.07) is 7.29. The molecule has 1 aromatic carbocycles. The molecule has 0 radical (unpaired) electrons. The number of hydrogen-bond donors (Lipinski definition) is 2. The van der Waals surface area contributed by atoms with E-state index in [2.05, 4.69) is 35.5 Å². The topological polar surface area (TPSA) is 50.5 Å². The van der Waals surface area contributed by atoms with Gasteiger partial charge in [0.15, 0.2) is 0 Å². The highest BCUT2D eigenvalue weighted by atomic mass is 16.5. The monoisotopic (exact) mass is 301 g/mol. The number of likely N-dealkylation sites (tertiary alicyclic amines) is 1. The molecule has 0 spiro atoms. The van der Waals surface area contributed by atoms with Crippen LogP contribution in [0.1, 0.15) is 30.4 Å². The molecule has 3 aliphatic rings. The lowest BCUT2D eigenvalue weighted by atomic mass is 9.66. The summed E-state index contributed by atoms with van der Waals surface area (Å²) in [5.74, 6) is 1.84. The van der Waals surface area contributed by atoms with Crippen molar-refractivity contribution in [2.45, 2.75) is 43.3 Å². The van der Waals surface area contributed by atoms with Gasteiger partial charge in [-0.25, -0.2) is 0 Å². The van der Waals surface area contributed by atoms with Crippen molar-refractivity contribution < 1.29 is 4.74 Å². The van der Waals surface area contributed by atoms with E-state index in [0.29, 0.717) is 12.1 Å². The van der Waals surface area contributed by atoms with Crippen LogP contribution in [0.15, 0.2) is 18.2 Å². The second-order valence-electron chi connectivity index (χ2n) is 7.29. The summed E-state index contributed by atoms with van der Waals surface area (Å²) < 4.78 is 5.43. The lowest BCUT2D eigenvalue weighted by Crippen LogP contribution is -2.70. The molecule has 3 atom stereocenters. The van der Waals surface area contributed by atoms with Gasteiger partial charge in [0.25, 0.3) is 0 Å². The fraction of sp³-hybridized carbons (Fsp3) is 0.667. The van der Waals surface area contributed by atoms with Gasteiger partial charge in [0.2, 0.25) is 0 Å². The van der Waals surface area contributed by atoms with Crippen LogP contribution in [0.2, 0.25) is 0 Å². The Labute approximate surface area is 133 Å². The normalized spacial score (nSPS) is 34.3. The van der Waals surface area contributed by atoms with Crippen LogP contribution in [-0.2, 0) is 12.0 Å². The zero-order valence-corrected chi connectivity index (χ0v) is 13.6. The first-order chi connectivity index (χ1) is 10.7. The SMILES string of the molecule is CN[C@@H]1C2Cc3ccc(OC)cc3[C@@]1(N)CCN2CC1CC1. The molecule has 1 aromatic rings. The third-order valence-electron chi connectivity index (χ3n) is 5.97. The Kier molecular flexibility index (Phi) is 3.44. The summed E-state index contributed by atoms with van der Waals surface area (Å²) in [5, 5.41) is 3.54. The number of ether oxygens (including phenoxy) is 1. The van der Waals surface area contributed by atoms with Crippen LogP contribution in [-0.4, -0.2) is 44.2 Å². The number of hydrogen-bond acceptors (Lipinski definition) is 4. The van der Waals surface area contributed by atoms with Crippen LogP contribution in [0.5, 0.6) is 5.75 Å². The molecular weight excluding hydrogens is 274 g/mol. The molecule has 0 aromatic heterocycles. The van der Waals surface area contributed by atoms with Gasteiger partial charge in [-0.1, -0.05) is 6.07 Å². The molecule has 2 bridgehead atoms. The van der Waals surface area contributed by atoms with Crippen LogP contribution in [0, 0.1) is 5.92 Å². The second-order valence-corrected chi connectivity index (χ2v) is 7.29. The quantitative estimate of drug-likeness (QED) is 0.884. The van der Waals surface area contributed by atoms with Gasteiger partial charge in [0, 0.05) is 25.2 Å². The minimum Gasteiger partial charge on any atom is -0.497 e. The summed E-state index contributed by atoms with van der Waals surface area (Å²) in [6.07, 6.45) is 4.93. The van der Waals surface area contributed by atoms with Gasteiger partial charge in [0.05, 0.1) is 12.6 Å². The number of likely N-dealkylation sites (N-methyl/N-ethyl adjacent to an activating group) is 1. The van der Waals surface area contributed by atoms with Crippen molar-refractivity contribution >= 4 is 0 Å². The smallest absolute Gasteiger partial charge is 0.119 e. The van der Waals surface area contributed by atoms with Gasteiger partial charge in [-0.3, -0.25) is 4.90 Å². The Balaban J connectivity index is 1.72. The zero-order valence-electron chi connectivity index (χ0n) is 13.6. The molecule has 2 aliphatic carbocycles. The van der Waals surface area contributed by atoms with E-state index in [-0.39, 0.29) is 5.54 Å². The third kappa shape index (κ3) is 2.16. The fourth-order valence-electron chi connectivity index (χ4n) is 4.58. The molecule has 2 fully saturated rings. The molecule has 1 aliphatic heterocycles. The zero-order chi connectivity index (χ0) is 15.3. The van der Waals surface area contributed by atoms with Gasteiger partial charge in [-0.15, -0.1) is 0 Å². The van der Waals surface area contributed by atoms with Crippen molar-refractivity contribution in [1.29, 1.82) is 0 Å². The molecule has 1 saturated carbocycles. The standard InChI is InChI=1S/C18H27N3O/c1-20-17-16-9-13-5-6-14(22-2)10-15(13)18(17,19)7-8-21(16)11-12-3-4-12/h5-6,10,12,16-17,20H,3-4,7-9,11,19H2,1-2H3/t16?,17-,18+/m1/s1. The first kappa shape index (κ1) is 14.5. The van der Waals surface area contributed by atoms with Crippen molar-refractivity contribution in [3.05, 3.63) is 29.3 Å². The number of fused-ring (bicyclic) bond motifs is 4. The van der Waals surface area contributed by atoms with E-state index in [1.807, 2.05) is 0 Å². The Morgan fingerprint density at radius 1 is 1.41 bits per heavy atom. The van der Waals surface area contributed by atoms with Gasteiger partial charge < -0.3 is 15.8 Å². The second kappa shape index (κ2) is 5.22. The largest absolute Gasteiger partial charge is 0.497 e. The molecule has 0 amide bonds. The molecule has 3 N–H and O–H groups in total. The molecule has 1 unspecified atom stereocenters. The van der Waals surface area contributed by atoms with E-state index in [4.69, 9.17) is 10.5 Å². The van der Waals surface area contributed by atoms with Crippen molar-refractivity contribution in [3.8, 4) is 5.75 Å². The summed E-state index contributed by atoms with van der Waals surface area (Å²) in [5.41, 5.74) is 9.37. The average Bonchev–Trinajstić information content (AvgIpc) is 3.34. The number of nitrogens with zero attached hydrogens (tertiary/aromatic N) is 1. The lowest BCUT2D eigenvalue weighted by molar-refractivity contribution is 0.0410. The summed E-state index contributed by atoms with van der Waals surface area (Å²) in [7, 11) is 3.79. The highest BCUT2D eigenvalue weighted by molar-refractivity contribution is 5.45. The molecule has 120 valence electrons. The van der Waals surface area contributed by atoms with Crippen LogP contribution in [0.25, 0.3) is 0 Å². The first-order valence-corrected chi connectivity index (χ1v) is 8.53. The number of rotatable bonds is 4. The minimum atomic E-state index is -0.276. The fourth-order valence-corrected chi connectivity index (χ4v) is 4.58. The van der Waals surface area contributed by atoms with Crippen molar-refractivity contribution in [1.82, 2.24) is 10.2 Å². The van der Waals surface area contributed by atoms with Crippen molar-refractivity contribution in [2.24, 2.45) is 11.7 Å². The van der Waals surface area contributed by atoms with Gasteiger partial charge in [-0.2, -0.15) is 0 Å². The maximum absolute atomic E-state index is 6.95. The number of piperidine rings is 1. The number of nitrogens with two attached hydrogens (primary N) is 1. The summed E-state index contributed by atoms with van der Waals surface area (Å²) in [6.45, 7) is 2.37. The Bertz CT molecular complexity index is 571. The Morgan fingerprint density at radius 2 is 2.23 bits per heavy atom. The molecule has 1 saturated heterocycles. The number of methoxy groups -OCH3 is 1. The van der Waals surface area contributed by atoms with Crippen molar-refractivity contribution in [2.75, 3.05) is 27.2 Å². The Morgan fingerprint density at radius 3 is 2.91 bits per heavy atom. The van der Waals surface area contributed by atoms with Crippen LogP contribution in [0.4, 0.5) is 0 Å². The van der Waals surface area contributed by atoms with E-state index >= 15 is 0 Å². The summed E-state index contributed by atoms with van der Waals surface area (Å²) in [4.78, 5) is 2.69. The van der Waals surface area contributed by atoms with Gasteiger partial charge in [-0.05, 0) is 61.9 Å². The van der Waals surface area contributed by atoms with Crippen LogP contribution < -0.4 is 15.8 Å². The molecule has 4 nitrogen and oxygen atoms in total. The highest BCUT2D eigenvalue weighted by Crippen LogP contribution is 2.44. The molecule has 4 heteroatoms. The highest BCUT2D eigenvalue weighted by Gasteiger charge is 2.51. The average molecular weight is 301 g/mol.